The highest BCUT2D eigenvalue weighted by Crippen LogP contribution is 1.63. The van der Waals surface area contributed by atoms with Crippen molar-refractivity contribution in [1.82, 2.24) is 0 Å². The second kappa shape index (κ2) is 9.27. The first-order valence-electron chi connectivity index (χ1n) is 1.70. The Morgan fingerprint density at radius 1 is 1.43 bits per heavy atom. The van der Waals surface area contributed by atoms with Gasteiger partial charge < -0.3 is 9.90 Å². The van der Waals surface area contributed by atoms with Crippen LogP contribution in [0.5, 0.6) is 0 Å². The van der Waals surface area contributed by atoms with Crippen LogP contribution in [0.15, 0.2) is 0 Å². The van der Waals surface area contributed by atoms with Gasteiger partial charge in [0.25, 0.3) is 0 Å². The normalized spacial score (nSPS) is 6.86. The maximum Gasteiger partial charge on any atom is 0.0969 e. The van der Waals surface area contributed by atoms with Crippen molar-refractivity contribution in [2.45, 2.75) is 0 Å². The fourth-order valence-electron chi connectivity index (χ4n) is 0. The number of carbonyl (C=O) groups is 1. The molecule has 2 nitrogen and oxygen atoms in total. The van der Waals surface area contributed by atoms with Crippen molar-refractivity contribution in [2.24, 2.45) is 0 Å². The van der Waals surface area contributed by atoms with E-state index in [9.17, 15) is 0 Å². The highest BCUT2D eigenvalue weighted by Gasteiger charge is 1.77. The first-order valence-corrected chi connectivity index (χ1v) is 4.15. The lowest BCUT2D eigenvalue weighted by molar-refractivity contribution is -0.283. The Labute approximate surface area is 46.9 Å². The Morgan fingerprint density at radius 2 is 1.43 bits per heavy atom. The maximum atomic E-state index is 8.25. The predicted octanol–water partition coefficient (Wildman–Crippen LogP) is -1.14. The fraction of sp³-hybridized carbons (Fsp3) is 0.750. The molecular weight excluding hydrogens is 112 g/mol. The second-order valence-electron chi connectivity index (χ2n) is 1.32. The standard InChI is InChI=1S/C3H9S.CH2O2/c1-4(2)3;2-1-3/h1-3H3;1H,(H,2,3)/q+1;/p-1. The SMILES string of the molecule is C[S+](C)C.O=C[O-]. The van der Waals surface area contributed by atoms with Gasteiger partial charge in [0.1, 0.15) is 0 Å². The summed E-state index contributed by atoms with van der Waals surface area (Å²) in [5.74, 6) is 0. The van der Waals surface area contributed by atoms with Crippen LogP contribution in [-0.4, -0.2) is 25.2 Å². The fourth-order valence-corrected chi connectivity index (χ4v) is 0. The molecular formula is C4H10O2S. The molecule has 0 saturated heterocycles. The molecule has 0 bridgehead atoms. The molecule has 0 rings (SSSR count). The summed E-state index contributed by atoms with van der Waals surface area (Å²) in [5.41, 5.74) is 0. The van der Waals surface area contributed by atoms with Gasteiger partial charge in [-0.1, -0.05) is 0 Å². The van der Waals surface area contributed by atoms with E-state index in [0.29, 0.717) is 10.9 Å². The lowest BCUT2D eigenvalue weighted by Gasteiger charge is -1.69. The largest absolute Gasteiger partial charge is 0.554 e. The minimum absolute atomic E-state index is 0.500. The Bertz CT molecular complexity index is 33.9. The Morgan fingerprint density at radius 3 is 1.43 bits per heavy atom. The number of rotatable bonds is 0. The minimum atomic E-state index is -0.500. The van der Waals surface area contributed by atoms with Crippen LogP contribution in [0.2, 0.25) is 0 Å². The quantitative estimate of drug-likeness (QED) is 0.301. The molecule has 0 atom stereocenters. The summed E-state index contributed by atoms with van der Waals surface area (Å²) in [5, 5.41) is 8.25. The van der Waals surface area contributed by atoms with Crippen molar-refractivity contribution in [3.63, 3.8) is 0 Å². The third kappa shape index (κ3) is 2620. The van der Waals surface area contributed by atoms with Crippen LogP contribution in [0.25, 0.3) is 0 Å². The van der Waals surface area contributed by atoms with Crippen LogP contribution in [0.3, 0.4) is 0 Å². The Balaban J connectivity index is 0. The van der Waals surface area contributed by atoms with Crippen molar-refractivity contribution >= 4 is 17.4 Å². The molecule has 0 saturated carbocycles. The summed E-state index contributed by atoms with van der Waals surface area (Å²) in [4.78, 5) is 8.25. The molecule has 44 valence electrons. The van der Waals surface area contributed by atoms with Gasteiger partial charge in [0.15, 0.2) is 0 Å². The van der Waals surface area contributed by atoms with E-state index in [0.717, 1.165) is 0 Å². The molecule has 0 aromatic heterocycles. The Kier molecular flexibility index (Phi) is 13.2. The lowest BCUT2D eigenvalue weighted by atomic mass is 11.7. The highest BCUT2D eigenvalue weighted by atomic mass is 32.2. The molecule has 0 fully saturated rings. The Hall–Kier alpha value is -0.180. The summed E-state index contributed by atoms with van der Waals surface area (Å²) in [6.45, 7) is -0.500. The smallest absolute Gasteiger partial charge is 0.0969 e. The second-order valence-corrected chi connectivity index (χ2v) is 3.77. The number of hydrogen-bond acceptors (Lipinski definition) is 2. The first-order chi connectivity index (χ1) is 3.15. The summed E-state index contributed by atoms with van der Waals surface area (Å²) < 4.78 is 0. The molecule has 0 N–H and O–H groups in total. The van der Waals surface area contributed by atoms with Gasteiger partial charge in [-0.05, 0) is 10.9 Å². The summed E-state index contributed by atoms with van der Waals surface area (Å²) in [6, 6.07) is 0. The molecule has 7 heavy (non-hydrogen) atoms. The molecule has 0 amide bonds. The van der Waals surface area contributed by atoms with Gasteiger partial charge in [-0.3, -0.25) is 0 Å². The summed E-state index contributed by atoms with van der Waals surface area (Å²) >= 11 is 0. The third-order valence-electron chi connectivity index (χ3n) is 0. The number of hydrogen-bond donors (Lipinski definition) is 0. The van der Waals surface area contributed by atoms with Crippen LogP contribution in [0.1, 0.15) is 0 Å². The predicted molar refractivity (Wildman–Crippen MR) is 31.2 cm³/mol. The van der Waals surface area contributed by atoms with E-state index in [2.05, 4.69) is 18.8 Å². The van der Waals surface area contributed by atoms with Gasteiger partial charge >= 0.3 is 0 Å². The number of carbonyl (C=O) groups excluding carboxylic acids is 1. The van der Waals surface area contributed by atoms with E-state index < -0.39 is 6.47 Å². The molecule has 0 radical (unpaired) electrons. The zero-order valence-electron chi connectivity index (χ0n) is 4.80. The van der Waals surface area contributed by atoms with Crippen molar-refractivity contribution in [2.75, 3.05) is 18.8 Å². The van der Waals surface area contributed by atoms with Crippen LogP contribution in [-0.2, 0) is 15.7 Å². The van der Waals surface area contributed by atoms with Crippen molar-refractivity contribution in [1.29, 1.82) is 0 Å². The van der Waals surface area contributed by atoms with E-state index in [1.54, 1.807) is 0 Å². The van der Waals surface area contributed by atoms with Crippen molar-refractivity contribution < 1.29 is 9.90 Å². The van der Waals surface area contributed by atoms with Crippen molar-refractivity contribution in [3.05, 3.63) is 0 Å². The molecule has 0 aromatic carbocycles. The van der Waals surface area contributed by atoms with Gasteiger partial charge in [0, 0.05) is 6.47 Å². The van der Waals surface area contributed by atoms with E-state index >= 15 is 0 Å². The van der Waals surface area contributed by atoms with Crippen LogP contribution in [0.4, 0.5) is 0 Å². The molecule has 0 spiro atoms. The number of carboxylic acid groups (broad SMARTS) is 1. The zero-order valence-corrected chi connectivity index (χ0v) is 5.62. The van der Waals surface area contributed by atoms with Gasteiger partial charge in [-0.25, -0.2) is 0 Å². The van der Waals surface area contributed by atoms with Crippen LogP contribution < -0.4 is 5.11 Å². The van der Waals surface area contributed by atoms with Crippen LogP contribution in [0, 0.1) is 0 Å². The molecule has 0 aliphatic carbocycles. The summed E-state index contributed by atoms with van der Waals surface area (Å²) in [7, 11) is 0.639. The summed E-state index contributed by atoms with van der Waals surface area (Å²) in [6.07, 6.45) is 6.58. The maximum absolute atomic E-state index is 8.25. The molecule has 0 aliphatic heterocycles. The van der Waals surface area contributed by atoms with Gasteiger partial charge in [-0.2, -0.15) is 0 Å². The third-order valence-corrected chi connectivity index (χ3v) is 0. The molecule has 0 unspecified atom stereocenters. The first kappa shape index (κ1) is 9.94. The van der Waals surface area contributed by atoms with Gasteiger partial charge in [0.05, 0.1) is 18.8 Å². The molecule has 0 aromatic rings. The van der Waals surface area contributed by atoms with Crippen molar-refractivity contribution in [3.8, 4) is 0 Å². The van der Waals surface area contributed by atoms with E-state index in [-0.39, 0.29) is 0 Å². The van der Waals surface area contributed by atoms with E-state index in [4.69, 9.17) is 9.90 Å². The molecule has 0 heterocycles. The minimum Gasteiger partial charge on any atom is -0.554 e. The molecule has 0 aliphatic rings. The highest BCUT2D eigenvalue weighted by molar-refractivity contribution is 7.94. The van der Waals surface area contributed by atoms with Gasteiger partial charge in [-0.15, -0.1) is 0 Å². The lowest BCUT2D eigenvalue weighted by Crippen LogP contribution is -2.01. The average molecular weight is 122 g/mol. The van der Waals surface area contributed by atoms with E-state index in [1.165, 1.54) is 0 Å². The van der Waals surface area contributed by atoms with Crippen LogP contribution >= 0.6 is 0 Å². The average Bonchev–Trinajstić information content (AvgIpc) is 1.33. The zero-order chi connectivity index (χ0) is 6.28. The monoisotopic (exact) mass is 122 g/mol. The van der Waals surface area contributed by atoms with E-state index in [1.807, 2.05) is 0 Å². The molecule has 3 heteroatoms. The van der Waals surface area contributed by atoms with Gasteiger partial charge in [0.2, 0.25) is 0 Å². The topological polar surface area (TPSA) is 40.1 Å².